The Hall–Kier alpha value is -1.55. The Kier molecular flexibility index (Phi) is 3.10. The summed E-state index contributed by atoms with van der Waals surface area (Å²) in [5.74, 6) is 0.178. The molecule has 2 amide bonds. The van der Waals surface area contributed by atoms with Gasteiger partial charge in [-0.15, -0.1) is 0 Å². The van der Waals surface area contributed by atoms with Crippen molar-refractivity contribution in [1.82, 2.24) is 5.32 Å². The topological polar surface area (TPSA) is 55.1 Å². The first-order valence-corrected chi connectivity index (χ1v) is 5.67. The van der Waals surface area contributed by atoms with E-state index in [4.69, 9.17) is 5.73 Å². The summed E-state index contributed by atoms with van der Waals surface area (Å²) in [7, 11) is 0. The van der Waals surface area contributed by atoms with Gasteiger partial charge in [0.25, 0.3) is 0 Å². The minimum absolute atomic E-state index is 0.178. The van der Waals surface area contributed by atoms with Gasteiger partial charge in [-0.3, -0.25) is 0 Å². The average molecular weight is 279 g/mol. The average Bonchev–Trinajstić information content (AvgIpc) is 2.66. The summed E-state index contributed by atoms with van der Waals surface area (Å²) in [5, 5.41) is 2.56. The predicted molar refractivity (Wildman–Crippen MR) is 66.8 cm³/mol. The molecular weight excluding hydrogens is 268 g/mol. The molecule has 4 heteroatoms. The number of halogens is 1. The minimum atomic E-state index is -0.538. The molecule has 0 saturated heterocycles. The first-order valence-electron chi connectivity index (χ1n) is 4.88. The maximum absolute atomic E-state index is 10.7. The number of carbonyl (C=O) groups excluding carboxylic acids is 1. The van der Waals surface area contributed by atoms with Crippen LogP contribution in [0.4, 0.5) is 4.79 Å². The Labute approximate surface area is 102 Å². The van der Waals surface area contributed by atoms with Crippen molar-refractivity contribution in [3.05, 3.63) is 58.2 Å². The number of urea groups is 1. The second kappa shape index (κ2) is 4.53. The zero-order valence-corrected chi connectivity index (χ0v) is 10.1. The van der Waals surface area contributed by atoms with Crippen LogP contribution in [0.3, 0.4) is 0 Å². The lowest BCUT2D eigenvalue weighted by molar-refractivity contribution is 0.251. The summed E-state index contributed by atoms with van der Waals surface area (Å²) in [6.45, 7) is 0. The van der Waals surface area contributed by atoms with Crippen molar-refractivity contribution in [2.24, 2.45) is 5.73 Å². The van der Waals surface area contributed by atoms with Crippen molar-refractivity contribution in [3.8, 4) is 0 Å². The van der Waals surface area contributed by atoms with Crippen molar-refractivity contribution >= 4 is 22.0 Å². The van der Waals surface area contributed by atoms with Crippen molar-refractivity contribution in [2.75, 3.05) is 0 Å². The van der Waals surface area contributed by atoms with E-state index >= 15 is 0 Å². The van der Waals surface area contributed by atoms with Gasteiger partial charge in [0, 0.05) is 16.1 Å². The second-order valence-corrected chi connectivity index (χ2v) is 4.37. The Morgan fingerprint density at radius 1 is 1.38 bits per heavy atom. The number of nitrogens with one attached hydrogen (secondary N) is 1. The number of rotatable bonds is 2. The van der Waals surface area contributed by atoms with E-state index in [1.165, 1.54) is 5.56 Å². The van der Waals surface area contributed by atoms with Crippen LogP contribution in [0.1, 0.15) is 11.5 Å². The fraction of sp³-hybridized carbons (Fsp3) is 0.0833. The number of primary amides is 1. The number of hydrogen-bond acceptors (Lipinski definition) is 1. The van der Waals surface area contributed by atoms with Gasteiger partial charge in [0.2, 0.25) is 0 Å². The van der Waals surface area contributed by atoms with Gasteiger partial charge >= 0.3 is 6.03 Å². The summed E-state index contributed by atoms with van der Waals surface area (Å²) in [5.41, 5.74) is 6.96. The molecule has 1 atom stereocenters. The van der Waals surface area contributed by atoms with E-state index in [1.807, 2.05) is 42.5 Å². The molecule has 0 spiro atoms. The number of allylic oxidation sites excluding steroid dienone is 3. The fourth-order valence-corrected chi connectivity index (χ4v) is 2.23. The normalized spacial score (nSPS) is 18.3. The molecule has 16 heavy (non-hydrogen) atoms. The van der Waals surface area contributed by atoms with Gasteiger partial charge in [0.15, 0.2) is 0 Å². The molecule has 1 aliphatic rings. The highest BCUT2D eigenvalue weighted by Crippen LogP contribution is 2.30. The Balaban J connectivity index is 2.21. The molecule has 1 aromatic carbocycles. The summed E-state index contributed by atoms with van der Waals surface area (Å²) in [6.07, 6.45) is 5.84. The number of benzene rings is 1. The van der Waals surface area contributed by atoms with Crippen molar-refractivity contribution in [1.29, 1.82) is 0 Å². The SMILES string of the molecule is NC(=O)NC1=CC(c2ccccc2Br)C=C1. The van der Waals surface area contributed by atoms with Crippen LogP contribution in [-0.2, 0) is 0 Å². The minimum Gasteiger partial charge on any atom is -0.351 e. The second-order valence-electron chi connectivity index (χ2n) is 3.52. The van der Waals surface area contributed by atoms with Gasteiger partial charge in [-0.05, 0) is 23.8 Å². The van der Waals surface area contributed by atoms with Gasteiger partial charge in [-0.1, -0.05) is 40.2 Å². The van der Waals surface area contributed by atoms with E-state index < -0.39 is 6.03 Å². The quantitative estimate of drug-likeness (QED) is 0.859. The maximum Gasteiger partial charge on any atom is 0.316 e. The lowest BCUT2D eigenvalue weighted by atomic mass is 10.0. The Morgan fingerprint density at radius 2 is 2.12 bits per heavy atom. The highest BCUT2D eigenvalue weighted by Gasteiger charge is 2.14. The molecule has 3 N–H and O–H groups in total. The van der Waals surface area contributed by atoms with E-state index in [9.17, 15) is 4.79 Å². The Morgan fingerprint density at radius 3 is 2.81 bits per heavy atom. The van der Waals surface area contributed by atoms with Crippen LogP contribution in [0.25, 0.3) is 0 Å². The van der Waals surface area contributed by atoms with Crippen molar-refractivity contribution in [3.63, 3.8) is 0 Å². The van der Waals surface area contributed by atoms with Crippen molar-refractivity contribution in [2.45, 2.75) is 5.92 Å². The van der Waals surface area contributed by atoms with E-state index in [1.54, 1.807) is 0 Å². The van der Waals surface area contributed by atoms with Crippen molar-refractivity contribution < 1.29 is 4.79 Å². The summed E-state index contributed by atoms with van der Waals surface area (Å²) < 4.78 is 1.06. The predicted octanol–water partition coefficient (Wildman–Crippen LogP) is 2.65. The third-order valence-electron chi connectivity index (χ3n) is 2.37. The molecule has 1 aromatic rings. The zero-order valence-electron chi connectivity index (χ0n) is 8.48. The van der Waals surface area contributed by atoms with Crippen LogP contribution in [-0.4, -0.2) is 6.03 Å². The number of amides is 2. The summed E-state index contributed by atoms with van der Waals surface area (Å²) in [4.78, 5) is 10.7. The molecule has 0 aliphatic heterocycles. The van der Waals surface area contributed by atoms with Crippen LogP contribution in [0, 0.1) is 0 Å². The highest BCUT2D eigenvalue weighted by atomic mass is 79.9. The fourth-order valence-electron chi connectivity index (χ4n) is 1.68. The van der Waals surface area contributed by atoms with Gasteiger partial charge < -0.3 is 11.1 Å². The zero-order chi connectivity index (χ0) is 11.5. The van der Waals surface area contributed by atoms with Gasteiger partial charge in [-0.2, -0.15) is 0 Å². The first kappa shape index (κ1) is 11.0. The third-order valence-corrected chi connectivity index (χ3v) is 3.10. The number of carbonyl (C=O) groups is 1. The van der Waals surface area contributed by atoms with Crippen LogP contribution >= 0.6 is 15.9 Å². The van der Waals surface area contributed by atoms with Crippen LogP contribution < -0.4 is 11.1 Å². The van der Waals surface area contributed by atoms with Crippen LogP contribution in [0.2, 0.25) is 0 Å². The molecule has 1 aliphatic carbocycles. The summed E-state index contributed by atoms with van der Waals surface area (Å²) in [6, 6.07) is 7.46. The maximum atomic E-state index is 10.7. The number of hydrogen-bond donors (Lipinski definition) is 2. The molecular formula is C12H11BrN2O. The monoisotopic (exact) mass is 278 g/mol. The lowest BCUT2D eigenvalue weighted by Gasteiger charge is -2.07. The molecule has 82 valence electrons. The molecule has 0 saturated carbocycles. The molecule has 0 heterocycles. The molecule has 0 aromatic heterocycles. The molecule has 1 unspecified atom stereocenters. The summed E-state index contributed by atoms with van der Waals surface area (Å²) >= 11 is 3.50. The largest absolute Gasteiger partial charge is 0.351 e. The highest BCUT2D eigenvalue weighted by molar-refractivity contribution is 9.10. The number of nitrogens with two attached hydrogens (primary N) is 1. The molecule has 0 fully saturated rings. The smallest absolute Gasteiger partial charge is 0.316 e. The van der Waals surface area contributed by atoms with Crippen LogP contribution in [0.5, 0.6) is 0 Å². The lowest BCUT2D eigenvalue weighted by Crippen LogP contribution is -2.27. The van der Waals surface area contributed by atoms with E-state index in [-0.39, 0.29) is 5.92 Å². The Bertz CT molecular complexity index is 480. The van der Waals surface area contributed by atoms with Crippen LogP contribution in [0.15, 0.2) is 52.7 Å². The first-order chi connectivity index (χ1) is 7.66. The third kappa shape index (κ3) is 2.33. The molecule has 0 radical (unpaired) electrons. The molecule has 3 nitrogen and oxygen atoms in total. The van der Waals surface area contributed by atoms with E-state index in [0.29, 0.717) is 0 Å². The van der Waals surface area contributed by atoms with E-state index in [0.717, 1.165) is 10.2 Å². The molecule has 0 bridgehead atoms. The van der Waals surface area contributed by atoms with Gasteiger partial charge in [0.05, 0.1) is 0 Å². The molecule has 2 rings (SSSR count). The van der Waals surface area contributed by atoms with Gasteiger partial charge in [0.1, 0.15) is 0 Å². The van der Waals surface area contributed by atoms with E-state index in [2.05, 4.69) is 21.2 Å². The van der Waals surface area contributed by atoms with Gasteiger partial charge in [-0.25, -0.2) is 4.79 Å². The standard InChI is InChI=1S/C12H11BrN2O/c13-11-4-2-1-3-10(11)8-5-6-9(7-8)15-12(14)16/h1-8H,(H3,14,15,16).